The normalized spacial score (nSPS) is 11.2. The lowest BCUT2D eigenvalue weighted by atomic mass is 10.2. The number of non-ortho nitro benzene ring substituents is 1. The summed E-state index contributed by atoms with van der Waals surface area (Å²) in [6.07, 6.45) is -3.40. The second-order valence-electron chi connectivity index (χ2n) is 4.21. The summed E-state index contributed by atoms with van der Waals surface area (Å²) in [5.74, 6) is 0. The molecule has 0 fully saturated rings. The summed E-state index contributed by atoms with van der Waals surface area (Å²) in [7, 11) is 0. The van der Waals surface area contributed by atoms with E-state index >= 15 is 0 Å². The molecule has 0 atom stereocenters. The second kappa shape index (κ2) is 5.78. The number of nitro benzene ring substituents is 1. The highest BCUT2D eigenvalue weighted by Gasteiger charge is 2.31. The van der Waals surface area contributed by atoms with Crippen molar-refractivity contribution in [3.8, 4) is 0 Å². The molecule has 2 aromatic rings. The Morgan fingerprint density at radius 2 is 2.00 bits per heavy atom. The van der Waals surface area contributed by atoms with Crippen LogP contribution < -0.4 is 5.32 Å². The van der Waals surface area contributed by atoms with E-state index in [-0.39, 0.29) is 12.2 Å². The highest BCUT2D eigenvalue weighted by molar-refractivity contribution is 5.43. The number of nitrogens with zero attached hydrogens (tertiary/aromatic N) is 2. The Labute approximate surface area is 117 Å². The lowest BCUT2D eigenvalue weighted by Gasteiger charge is -2.08. The molecule has 0 spiro atoms. The fourth-order valence-corrected chi connectivity index (χ4v) is 1.65. The first-order valence-corrected chi connectivity index (χ1v) is 5.87. The van der Waals surface area contributed by atoms with Gasteiger partial charge in [0.1, 0.15) is 5.69 Å². The summed E-state index contributed by atoms with van der Waals surface area (Å²) < 4.78 is 37.0. The minimum absolute atomic E-state index is 0.0418. The number of hydrogen-bond acceptors (Lipinski definition) is 4. The number of nitro groups is 1. The van der Waals surface area contributed by atoms with Gasteiger partial charge in [0.25, 0.3) is 5.69 Å². The Kier molecular flexibility index (Phi) is 4.06. The predicted molar refractivity (Wildman–Crippen MR) is 69.7 cm³/mol. The number of rotatable bonds is 4. The van der Waals surface area contributed by atoms with Gasteiger partial charge in [-0.05, 0) is 17.7 Å². The largest absolute Gasteiger partial charge is 0.433 e. The van der Waals surface area contributed by atoms with Gasteiger partial charge in [0.15, 0.2) is 0 Å². The smallest absolute Gasteiger partial charge is 0.380 e. The van der Waals surface area contributed by atoms with Crippen molar-refractivity contribution in [3.63, 3.8) is 0 Å². The van der Waals surface area contributed by atoms with Gasteiger partial charge in [-0.2, -0.15) is 13.2 Å². The summed E-state index contributed by atoms with van der Waals surface area (Å²) >= 11 is 0. The van der Waals surface area contributed by atoms with Crippen LogP contribution in [-0.2, 0) is 12.7 Å². The molecule has 0 bridgehead atoms. The monoisotopic (exact) mass is 297 g/mol. The third-order valence-corrected chi connectivity index (χ3v) is 2.67. The van der Waals surface area contributed by atoms with Crippen LogP contribution in [0.25, 0.3) is 0 Å². The van der Waals surface area contributed by atoms with Crippen molar-refractivity contribution in [2.75, 3.05) is 5.32 Å². The number of benzene rings is 1. The van der Waals surface area contributed by atoms with Crippen molar-refractivity contribution in [1.82, 2.24) is 4.98 Å². The fourth-order valence-electron chi connectivity index (χ4n) is 1.65. The number of alkyl halides is 3. The number of hydrogen-bond donors (Lipinski definition) is 1. The lowest BCUT2D eigenvalue weighted by molar-refractivity contribution is -0.384. The number of pyridine rings is 1. The van der Waals surface area contributed by atoms with E-state index in [1.807, 2.05) is 0 Å². The maximum atomic E-state index is 12.3. The van der Waals surface area contributed by atoms with E-state index in [1.54, 1.807) is 12.1 Å². The fraction of sp³-hybridized carbons (Fsp3) is 0.154. The summed E-state index contributed by atoms with van der Waals surface area (Å²) in [4.78, 5) is 13.4. The van der Waals surface area contributed by atoms with E-state index in [4.69, 9.17) is 0 Å². The van der Waals surface area contributed by atoms with Crippen molar-refractivity contribution in [1.29, 1.82) is 0 Å². The molecule has 0 aliphatic heterocycles. The van der Waals surface area contributed by atoms with Gasteiger partial charge in [0, 0.05) is 18.7 Å². The number of anilines is 1. The van der Waals surface area contributed by atoms with Crippen molar-refractivity contribution in [2.24, 2.45) is 0 Å². The first kappa shape index (κ1) is 14.8. The first-order chi connectivity index (χ1) is 9.86. The van der Waals surface area contributed by atoms with Crippen molar-refractivity contribution >= 4 is 11.4 Å². The molecule has 110 valence electrons. The second-order valence-corrected chi connectivity index (χ2v) is 4.21. The molecule has 5 nitrogen and oxygen atoms in total. The molecular formula is C13H10F3N3O2. The van der Waals surface area contributed by atoms with Crippen LogP contribution in [0.5, 0.6) is 0 Å². The molecule has 1 aromatic carbocycles. The molecule has 1 N–H and O–H groups in total. The van der Waals surface area contributed by atoms with Gasteiger partial charge in [0.05, 0.1) is 16.8 Å². The van der Waals surface area contributed by atoms with E-state index in [2.05, 4.69) is 10.3 Å². The Hall–Kier alpha value is -2.64. The molecule has 0 radical (unpaired) electrons. The molecule has 0 saturated carbocycles. The average molecular weight is 297 g/mol. The van der Waals surface area contributed by atoms with Gasteiger partial charge in [0.2, 0.25) is 0 Å². The van der Waals surface area contributed by atoms with Crippen LogP contribution in [0.4, 0.5) is 24.5 Å². The van der Waals surface area contributed by atoms with Gasteiger partial charge in [-0.25, -0.2) is 4.98 Å². The summed E-state index contributed by atoms with van der Waals surface area (Å²) in [5, 5.41) is 13.5. The van der Waals surface area contributed by atoms with E-state index in [0.717, 1.165) is 12.3 Å². The van der Waals surface area contributed by atoms with E-state index in [1.165, 1.54) is 18.2 Å². The standard InChI is InChI=1S/C13H10F3N3O2/c14-13(15,16)12-5-4-10(8-18-12)17-7-9-2-1-3-11(6-9)19(20)21/h1-6,8,17H,7H2. The highest BCUT2D eigenvalue weighted by atomic mass is 19.4. The maximum absolute atomic E-state index is 12.3. The Morgan fingerprint density at radius 3 is 2.57 bits per heavy atom. The van der Waals surface area contributed by atoms with Crippen LogP contribution in [-0.4, -0.2) is 9.91 Å². The highest BCUT2D eigenvalue weighted by Crippen LogP contribution is 2.27. The van der Waals surface area contributed by atoms with Crippen molar-refractivity contribution < 1.29 is 18.1 Å². The zero-order valence-corrected chi connectivity index (χ0v) is 10.6. The number of nitrogens with one attached hydrogen (secondary N) is 1. The van der Waals surface area contributed by atoms with E-state index < -0.39 is 16.8 Å². The van der Waals surface area contributed by atoms with Gasteiger partial charge in [-0.3, -0.25) is 10.1 Å². The van der Waals surface area contributed by atoms with Gasteiger partial charge in [-0.1, -0.05) is 12.1 Å². The Bertz CT molecular complexity index is 642. The van der Waals surface area contributed by atoms with Crippen LogP contribution in [0.1, 0.15) is 11.3 Å². The van der Waals surface area contributed by atoms with Crippen LogP contribution in [0.3, 0.4) is 0 Å². The minimum Gasteiger partial charge on any atom is -0.380 e. The molecule has 8 heteroatoms. The zero-order chi connectivity index (χ0) is 15.5. The molecular weight excluding hydrogens is 287 g/mol. The Balaban J connectivity index is 2.03. The molecule has 0 amide bonds. The average Bonchev–Trinajstić information content (AvgIpc) is 2.45. The van der Waals surface area contributed by atoms with Crippen LogP contribution >= 0.6 is 0 Å². The lowest BCUT2D eigenvalue weighted by Crippen LogP contribution is -2.08. The SMILES string of the molecule is O=[N+]([O-])c1cccc(CNc2ccc(C(F)(F)F)nc2)c1. The van der Waals surface area contributed by atoms with Crippen molar-refractivity contribution in [3.05, 3.63) is 64.0 Å². The predicted octanol–water partition coefficient (Wildman–Crippen LogP) is 3.62. The summed E-state index contributed by atoms with van der Waals surface area (Å²) in [6, 6.07) is 8.11. The number of aromatic nitrogens is 1. The molecule has 21 heavy (non-hydrogen) atoms. The van der Waals surface area contributed by atoms with Gasteiger partial charge >= 0.3 is 6.18 Å². The third-order valence-electron chi connectivity index (χ3n) is 2.67. The van der Waals surface area contributed by atoms with Crippen LogP contribution in [0.15, 0.2) is 42.6 Å². The maximum Gasteiger partial charge on any atom is 0.433 e. The van der Waals surface area contributed by atoms with Crippen LogP contribution in [0.2, 0.25) is 0 Å². The Morgan fingerprint density at radius 1 is 1.24 bits per heavy atom. The quantitative estimate of drug-likeness (QED) is 0.691. The summed E-state index contributed by atoms with van der Waals surface area (Å²) in [5.41, 5.74) is 0.0295. The molecule has 0 saturated heterocycles. The van der Waals surface area contributed by atoms with Gasteiger partial charge < -0.3 is 5.32 Å². The number of halogens is 3. The molecule has 0 unspecified atom stereocenters. The van der Waals surface area contributed by atoms with Crippen LogP contribution in [0, 0.1) is 10.1 Å². The van der Waals surface area contributed by atoms with E-state index in [9.17, 15) is 23.3 Å². The molecule has 0 aliphatic rings. The van der Waals surface area contributed by atoms with Crippen molar-refractivity contribution in [2.45, 2.75) is 12.7 Å². The summed E-state index contributed by atoms with van der Waals surface area (Å²) in [6.45, 7) is 0.245. The molecule has 0 aliphatic carbocycles. The van der Waals surface area contributed by atoms with E-state index in [0.29, 0.717) is 11.3 Å². The topological polar surface area (TPSA) is 68.1 Å². The zero-order valence-electron chi connectivity index (χ0n) is 10.6. The molecule has 2 rings (SSSR count). The molecule has 1 aromatic heterocycles. The minimum atomic E-state index is -4.47. The first-order valence-electron chi connectivity index (χ1n) is 5.87. The molecule has 1 heterocycles. The van der Waals surface area contributed by atoms with Gasteiger partial charge in [-0.15, -0.1) is 0 Å². The third kappa shape index (κ3) is 3.91.